The number of benzene rings is 1. The molecule has 0 aliphatic carbocycles. The van der Waals surface area contributed by atoms with E-state index in [1.807, 2.05) is 0 Å². The topological polar surface area (TPSA) is 98.2 Å². The molecule has 0 heterocycles. The molecule has 0 fully saturated rings. The monoisotopic (exact) mass is 277 g/mol. The van der Waals surface area contributed by atoms with E-state index in [1.54, 1.807) is 12.1 Å². The standard InChI is InChI=1S/C15H23N3O2/c1-9(2)4-5-10(3)18-13-7-11(14(16)19)6-12(8-13)15(17)20/h6-10,18H,4-5H2,1-3H3,(H2,16,19)(H2,17,20). The summed E-state index contributed by atoms with van der Waals surface area (Å²) < 4.78 is 0. The summed E-state index contributed by atoms with van der Waals surface area (Å²) in [5, 5.41) is 3.27. The number of carbonyl (C=O) groups excluding carboxylic acids is 2. The molecule has 0 aromatic heterocycles. The Labute approximate surface area is 119 Å². The third-order valence-corrected chi connectivity index (χ3v) is 3.09. The number of hydrogen-bond acceptors (Lipinski definition) is 3. The molecular formula is C15H23N3O2. The van der Waals surface area contributed by atoms with E-state index < -0.39 is 11.8 Å². The lowest BCUT2D eigenvalue weighted by atomic mass is 10.0. The number of hydrogen-bond donors (Lipinski definition) is 3. The molecule has 2 amide bonds. The first kappa shape index (κ1) is 16.0. The summed E-state index contributed by atoms with van der Waals surface area (Å²) in [6, 6.07) is 4.93. The minimum absolute atomic E-state index is 0.237. The molecule has 5 nitrogen and oxygen atoms in total. The quantitative estimate of drug-likeness (QED) is 0.712. The first-order valence-corrected chi connectivity index (χ1v) is 6.80. The van der Waals surface area contributed by atoms with Crippen molar-refractivity contribution in [1.82, 2.24) is 0 Å². The van der Waals surface area contributed by atoms with Crippen molar-refractivity contribution in [2.24, 2.45) is 17.4 Å². The van der Waals surface area contributed by atoms with Crippen LogP contribution < -0.4 is 16.8 Å². The lowest BCUT2D eigenvalue weighted by molar-refractivity contribution is 0.0999. The summed E-state index contributed by atoms with van der Waals surface area (Å²) in [5.41, 5.74) is 11.8. The van der Waals surface area contributed by atoms with E-state index in [1.165, 1.54) is 6.07 Å². The fourth-order valence-electron chi connectivity index (χ4n) is 1.94. The molecule has 5 heteroatoms. The van der Waals surface area contributed by atoms with Crippen LogP contribution in [-0.2, 0) is 0 Å². The minimum atomic E-state index is -0.578. The number of rotatable bonds is 7. The average Bonchev–Trinajstić information content (AvgIpc) is 2.35. The van der Waals surface area contributed by atoms with Crippen LogP contribution in [0.5, 0.6) is 0 Å². The largest absolute Gasteiger partial charge is 0.383 e. The Kier molecular flexibility index (Phi) is 5.55. The first-order valence-electron chi connectivity index (χ1n) is 6.80. The van der Waals surface area contributed by atoms with E-state index >= 15 is 0 Å². The number of nitrogens with one attached hydrogen (secondary N) is 1. The van der Waals surface area contributed by atoms with E-state index in [9.17, 15) is 9.59 Å². The molecule has 0 aliphatic rings. The number of primary amides is 2. The Bertz CT molecular complexity index is 466. The van der Waals surface area contributed by atoms with Crippen LogP contribution in [0.1, 0.15) is 54.3 Å². The predicted octanol–water partition coefficient (Wildman–Crippen LogP) is 2.12. The zero-order valence-electron chi connectivity index (χ0n) is 12.3. The van der Waals surface area contributed by atoms with Gasteiger partial charge in [-0.2, -0.15) is 0 Å². The van der Waals surface area contributed by atoms with Crippen LogP contribution in [-0.4, -0.2) is 17.9 Å². The first-order chi connectivity index (χ1) is 9.29. The third-order valence-electron chi connectivity index (χ3n) is 3.09. The summed E-state index contributed by atoms with van der Waals surface area (Å²) in [6.07, 6.45) is 2.11. The second-order valence-electron chi connectivity index (χ2n) is 5.54. The van der Waals surface area contributed by atoms with Gasteiger partial charge < -0.3 is 16.8 Å². The molecule has 1 atom stereocenters. The van der Waals surface area contributed by atoms with Crippen molar-refractivity contribution in [2.75, 3.05) is 5.32 Å². The summed E-state index contributed by atoms with van der Waals surface area (Å²) in [7, 11) is 0. The van der Waals surface area contributed by atoms with Gasteiger partial charge in [0.05, 0.1) is 0 Å². The number of anilines is 1. The van der Waals surface area contributed by atoms with Crippen LogP contribution in [0, 0.1) is 5.92 Å². The summed E-state index contributed by atoms with van der Waals surface area (Å²) in [4.78, 5) is 22.5. The molecule has 1 aromatic carbocycles. The molecule has 1 unspecified atom stereocenters. The number of nitrogens with two attached hydrogens (primary N) is 2. The maximum atomic E-state index is 11.3. The molecule has 0 saturated carbocycles. The van der Waals surface area contributed by atoms with Gasteiger partial charge in [0.15, 0.2) is 0 Å². The fraction of sp³-hybridized carbons (Fsp3) is 0.467. The lowest BCUT2D eigenvalue weighted by Gasteiger charge is -2.17. The minimum Gasteiger partial charge on any atom is -0.383 e. The Morgan fingerprint density at radius 1 is 1.00 bits per heavy atom. The van der Waals surface area contributed by atoms with Crippen molar-refractivity contribution in [3.63, 3.8) is 0 Å². The van der Waals surface area contributed by atoms with E-state index in [-0.39, 0.29) is 17.2 Å². The van der Waals surface area contributed by atoms with Gasteiger partial charge in [-0.15, -0.1) is 0 Å². The molecule has 20 heavy (non-hydrogen) atoms. The van der Waals surface area contributed by atoms with E-state index in [0.29, 0.717) is 11.6 Å². The fourth-order valence-corrected chi connectivity index (χ4v) is 1.94. The number of amides is 2. The van der Waals surface area contributed by atoms with E-state index in [2.05, 4.69) is 26.1 Å². The van der Waals surface area contributed by atoms with Crippen molar-refractivity contribution in [3.05, 3.63) is 29.3 Å². The number of carbonyl (C=O) groups is 2. The van der Waals surface area contributed by atoms with Gasteiger partial charge in [0.2, 0.25) is 11.8 Å². The Morgan fingerprint density at radius 3 is 1.90 bits per heavy atom. The molecule has 0 radical (unpaired) electrons. The molecule has 110 valence electrons. The third kappa shape index (κ3) is 4.91. The Balaban J connectivity index is 2.88. The van der Waals surface area contributed by atoms with Crippen LogP contribution in [0.3, 0.4) is 0 Å². The summed E-state index contributed by atoms with van der Waals surface area (Å²) in [5.74, 6) is -0.519. The highest BCUT2D eigenvalue weighted by Gasteiger charge is 2.11. The van der Waals surface area contributed by atoms with Gasteiger partial charge in [-0.3, -0.25) is 9.59 Å². The molecule has 0 aliphatic heterocycles. The highest BCUT2D eigenvalue weighted by molar-refractivity contribution is 5.99. The van der Waals surface area contributed by atoms with Crippen LogP contribution in [0.4, 0.5) is 5.69 Å². The maximum Gasteiger partial charge on any atom is 0.248 e. The second kappa shape index (κ2) is 6.93. The van der Waals surface area contributed by atoms with Crippen LogP contribution in [0.2, 0.25) is 0 Å². The predicted molar refractivity (Wildman–Crippen MR) is 80.6 cm³/mol. The van der Waals surface area contributed by atoms with Crippen molar-refractivity contribution in [1.29, 1.82) is 0 Å². The van der Waals surface area contributed by atoms with E-state index in [4.69, 9.17) is 11.5 Å². The van der Waals surface area contributed by atoms with Crippen LogP contribution in [0.25, 0.3) is 0 Å². The van der Waals surface area contributed by atoms with Gasteiger partial charge in [0, 0.05) is 22.9 Å². The summed E-state index contributed by atoms with van der Waals surface area (Å²) >= 11 is 0. The van der Waals surface area contributed by atoms with Gasteiger partial charge in [-0.05, 0) is 43.9 Å². The van der Waals surface area contributed by atoms with Gasteiger partial charge >= 0.3 is 0 Å². The van der Waals surface area contributed by atoms with Gasteiger partial charge in [-0.25, -0.2) is 0 Å². The van der Waals surface area contributed by atoms with Crippen molar-refractivity contribution in [2.45, 2.75) is 39.7 Å². The van der Waals surface area contributed by atoms with Crippen molar-refractivity contribution in [3.8, 4) is 0 Å². The van der Waals surface area contributed by atoms with E-state index in [0.717, 1.165) is 12.8 Å². The summed E-state index contributed by atoms with van der Waals surface area (Å²) in [6.45, 7) is 6.40. The normalized spacial score (nSPS) is 12.2. The van der Waals surface area contributed by atoms with Gasteiger partial charge in [0.25, 0.3) is 0 Å². The second-order valence-corrected chi connectivity index (χ2v) is 5.54. The average molecular weight is 277 g/mol. The molecule has 1 aromatic rings. The highest BCUT2D eigenvalue weighted by atomic mass is 16.1. The SMILES string of the molecule is CC(C)CCC(C)Nc1cc(C(N)=O)cc(C(N)=O)c1. The highest BCUT2D eigenvalue weighted by Crippen LogP contribution is 2.17. The molecule has 5 N–H and O–H groups in total. The molecule has 1 rings (SSSR count). The maximum absolute atomic E-state index is 11.3. The lowest BCUT2D eigenvalue weighted by Crippen LogP contribution is -2.19. The zero-order chi connectivity index (χ0) is 15.3. The van der Waals surface area contributed by atoms with Crippen LogP contribution in [0.15, 0.2) is 18.2 Å². The molecule has 0 saturated heterocycles. The van der Waals surface area contributed by atoms with Crippen LogP contribution >= 0.6 is 0 Å². The van der Waals surface area contributed by atoms with Crippen molar-refractivity contribution < 1.29 is 9.59 Å². The van der Waals surface area contributed by atoms with Gasteiger partial charge in [-0.1, -0.05) is 13.8 Å². The Morgan fingerprint density at radius 2 is 1.50 bits per heavy atom. The van der Waals surface area contributed by atoms with Gasteiger partial charge in [0.1, 0.15) is 0 Å². The molecular weight excluding hydrogens is 254 g/mol. The molecule has 0 bridgehead atoms. The smallest absolute Gasteiger partial charge is 0.248 e. The Hall–Kier alpha value is -2.04. The molecule has 0 spiro atoms. The zero-order valence-corrected chi connectivity index (χ0v) is 12.3. The van der Waals surface area contributed by atoms with Crippen molar-refractivity contribution >= 4 is 17.5 Å².